The smallest absolute Gasteiger partial charge is 0.255 e. The van der Waals surface area contributed by atoms with Crippen LogP contribution in [-0.4, -0.2) is 46.1 Å². The van der Waals surface area contributed by atoms with Gasteiger partial charge in [0.15, 0.2) is 11.9 Å². The van der Waals surface area contributed by atoms with Gasteiger partial charge in [0.25, 0.3) is 5.91 Å². The average molecular weight is 321 g/mol. The highest BCUT2D eigenvalue weighted by atomic mass is 16.7. The Labute approximate surface area is 135 Å². The van der Waals surface area contributed by atoms with Crippen LogP contribution in [0.25, 0.3) is 0 Å². The topological polar surface area (TPSA) is 88.0 Å². The molecule has 1 aromatic carbocycles. The molecule has 6 heteroatoms. The molecule has 0 saturated carbocycles. The maximum absolute atomic E-state index is 12.1. The molecule has 126 valence electrons. The predicted molar refractivity (Wildman–Crippen MR) is 82.4 cm³/mol. The van der Waals surface area contributed by atoms with Gasteiger partial charge in [0.1, 0.15) is 11.6 Å². The van der Waals surface area contributed by atoms with Crippen LogP contribution < -0.4 is 5.32 Å². The fourth-order valence-electron chi connectivity index (χ4n) is 3.50. The van der Waals surface area contributed by atoms with E-state index in [0.717, 1.165) is 5.56 Å². The molecule has 3 rings (SSSR count). The summed E-state index contributed by atoms with van der Waals surface area (Å²) in [6.07, 6.45) is -2.37. The van der Waals surface area contributed by atoms with Crippen LogP contribution in [-0.2, 0) is 14.3 Å². The zero-order valence-corrected chi connectivity index (χ0v) is 13.5. The van der Waals surface area contributed by atoms with Gasteiger partial charge in [-0.3, -0.25) is 4.79 Å². The molecular formula is C17H23NO5. The Bertz CT molecular complexity index is 588. The van der Waals surface area contributed by atoms with E-state index in [2.05, 4.69) is 5.32 Å². The second-order valence-corrected chi connectivity index (χ2v) is 6.90. The molecule has 2 aliphatic heterocycles. The molecule has 23 heavy (non-hydrogen) atoms. The number of carbonyl (C=O) groups is 1. The largest absolute Gasteiger partial charge is 0.387 e. The molecule has 1 aromatic rings. The van der Waals surface area contributed by atoms with Crippen molar-refractivity contribution in [2.75, 3.05) is 6.61 Å². The van der Waals surface area contributed by atoms with Crippen molar-refractivity contribution >= 4 is 5.91 Å². The summed E-state index contributed by atoms with van der Waals surface area (Å²) in [6, 6.07) is 9.51. The maximum Gasteiger partial charge on any atom is 0.255 e. The number of hydrogen-bond acceptors (Lipinski definition) is 5. The third kappa shape index (κ3) is 2.46. The summed E-state index contributed by atoms with van der Waals surface area (Å²) in [5.41, 5.74) is -2.14. The van der Waals surface area contributed by atoms with Gasteiger partial charge in [-0.05, 0) is 12.8 Å². The number of nitrogens with one attached hydrogen (secondary N) is 1. The molecule has 0 aromatic heterocycles. The SMILES string of the molecule is CC(C)[C@@H]1O[C@H](c2ccccc2)OC[C@@]12NC(=O)[C@](C)(O)[C@@H]2O. The van der Waals surface area contributed by atoms with E-state index in [1.165, 1.54) is 6.92 Å². The predicted octanol–water partition coefficient (Wildman–Crippen LogP) is 0.737. The lowest BCUT2D eigenvalue weighted by atomic mass is 9.78. The number of amides is 1. The van der Waals surface area contributed by atoms with Crippen molar-refractivity contribution < 1.29 is 24.5 Å². The standard InChI is InChI=1S/C17H23NO5/c1-10(2)12-17(14(19)16(3,21)15(20)18-17)9-22-13(23-12)11-7-5-4-6-8-11/h4-8,10,12-14,19,21H,9H2,1-3H3,(H,18,20)/t12-,13+,14-,16+,17+/m0/s1. The molecule has 5 atom stereocenters. The van der Waals surface area contributed by atoms with Gasteiger partial charge in [-0.15, -0.1) is 0 Å². The first kappa shape index (κ1) is 16.4. The molecule has 2 fully saturated rings. The Morgan fingerprint density at radius 2 is 1.96 bits per heavy atom. The molecular weight excluding hydrogens is 298 g/mol. The second-order valence-electron chi connectivity index (χ2n) is 6.90. The van der Waals surface area contributed by atoms with Crippen LogP contribution in [0, 0.1) is 5.92 Å². The summed E-state index contributed by atoms with van der Waals surface area (Å²) in [5.74, 6) is -0.602. The van der Waals surface area contributed by atoms with Gasteiger partial charge < -0.3 is 25.0 Å². The highest BCUT2D eigenvalue weighted by molar-refractivity contribution is 5.89. The van der Waals surface area contributed by atoms with Crippen LogP contribution in [0.3, 0.4) is 0 Å². The maximum atomic E-state index is 12.1. The number of hydrogen-bond donors (Lipinski definition) is 3. The van der Waals surface area contributed by atoms with E-state index >= 15 is 0 Å². The van der Waals surface area contributed by atoms with Gasteiger partial charge in [-0.25, -0.2) is 0 Å². The average Bonchev–Trinajstić information content (AvgIpc) is 2.70. The van der Waals surface area contributed by atoms with E-state index in [-0.39, 0.29) is 12.5 Å². The Morgan fingerprint density at radius 1 is 1.30 bits per heavy atom. The normalized spacial score (nSPS) is 40.6. The van der Waals surface area contributed by atoms with Gasteiger partial charge in [0.2, 0.25) is 0 Å². The molecule has 1 spiro atoms. The number of aliphatic hydroxyl groups excluding tert-OH is 1. The molecule has 6 nitrogen and oxygen atoms in total. The minimum absolute atomic E-state index is 0.00830. The monoisotopic (exact) mass is 321 g/mol. The molecule has 2 heterocycles. The second kappa shape index (κ2) is 5.56. The van der Waals surface area contributed by atoms with E-state index in [1.54, 1.807) is 0 Å². The van der Waals surface area contributed by atoms with Crippen LogP contribution in [0.2, 0.25) is 0 Å². The van der Waals surface area contributed by atoms with Gasteiger partial charge in [0, 0.05) is 5.56 Å². The number of benzene rings is 1. The first-order valence-corrected chi connectivity index (χ1v) is 7.84. The summed E-state index contributed by atoms with van der Waals surface area (Å²) in [4.78, 5) is 12.1. The minimum atomic E-state index is -1.86. The zero-order chi connectivity index (χ0) is 16.8. The Hall–Kier alpha value is -1.47. The molecule has 0 bridgehead atoms. The van der Waals surface area contributed by atoms with E-state index in [4.69, 9.17) is 9.47 Å². The molecule has 0 aliphatic carbocycles. The van der Waals surface area contributed by atoms with Crippen molar-refractivity contribution in [2.45, 2.75) is 50.4 Å². The molecule has 2 saturated heterocycles. The number of ether oxygens (including phenoxy) is 2. The van der Waals surface area contributed by atoms with Gasteiger partial charge >= 0.3 is 0 Å². The highest BCUT2D eigenvalue weighted by Gasteiger charge is 2.65. The fourth-order valence-corrected chi connectivity index (χ4v) is 3.50. The lowest BCUT2D eigenvalue weighted by Crippen LogP contribution is -2.67. The van der Waals surface area contributed by atoms with Gasteiger partial charge in [0.05, 0.1) is 12.7 Å². The first-order chi connectivity index (χ1) is 10.8. The van der Waals surface area contributed by atoms with E-state index in [1.807, 2.05) is 44.2 Å². The Morgan fingerprint density at radius 3 is 2.48 bits per heavy atom. The molecule has 3 N–H and O–H groups in total. The van der Waals surface area contributed by atoms with Gasteiger partial charge in [-0.2, -0.15) is 0 Å². The minimum Gasteiger partial charge on any atom is -0.387 e. The van der Waals surface area contributed by atoms with Crippen LogP contribution >= 0.6 is 0 Å². The molecule has 0 unspecified atom stereocenters. The van der Waals surface area contributed by atoms with Crippen LogP contribution in [0.5, 0.6) is 0 Å². The summed E-state index contributed by atoms with van der Waals surface area (Å²) in [7, 11) is 0. The van der Waals surface area contributed by atoms with E-state index in [9.17, 15) is 15.0 Å². The third-order valence-electron chi connectivity index (χ3n) is 4.76. The van der Waals surface area contributed by atoms with Crippen LogP contribution in [0.4, 0.5) is 0 Å². The lowest BCUT2D eigenvalue weighted by molar-refractivity contribution is -0.278. The number of aliphatic hydroxyl groups is 2. The van der Waals surface area contributed by atoms with Crippen molar-refractivity contribution in [1.82, 2.24) is 5.32 Å². The van der Waals surface area contributed by atoms with E-state index < -0.39 is 35.5 Å². The summed E-state index contributed by atoms with van der Waals surface area (Å²) in [6.45, 7) is 5.28. The van der Waals surface area contributed by atoms with Crippen LogP contribution in [0.15, 0.2) is 30.3 Å². The third-order valence-corrected chi connectivity index (χ3v) is 4.76. The zero-order valence-electron chi connectivity index (χ0n) is 13.5. The van der Waals surface area contributed by atoms with Crippen molar-refractivity contribution in [1.29, 1.82) is 0 Å². The highest BCUT2D eigenvalue weighted by Crippen LogP contribution is 2.42. The number of carbonyl (C=O) groups excluding carboxylic acids is 1. The van der Waals surface area contributed by atoms with Crippen molar-refractivity contribution in [2.24, 2.45) is 5.92 Å². The van der Waals surface area contributed by atoms with Gasteiger partial charge in [-0.1, -0.05) is 44.2 Å². The van der Waals surface area contributed by atoms with Crippen molar-refractivity contribution in [3.8, 4) is 0 Å². The van der Waals surface area contributed by atoms with Crippen molar-refractivity contribution in [3.63, 3.8) is 0 Å². The van der Waals surface area contributed by atoms with E-state index in [0.29, 0.717) is 0 Å². The number of rotatable bonds is 2. The summed E-state index contributed by atoms with van der Waals surface area (Å²) < 4.78 is 11.9. The van der Waals surface area contributed by atoms with Crippen molar-refractivity contribution in [3.05, 3.63) is 35.9 Å². The molecule has 1 amide bonds. The summed E-state index contributed by atoms with van der Waals surface area (Å²) >= 11 is 0. The lowest BCUT2D eigenvalue weighted by Gasteiger charge is -2.47. The Kier molecular flexibility index (Phi) is 3.96. The molecule has 2 aliphatic rings. The summed E-state index contributed by atoms with van der Waals surface area (Å²) in [5, 5.41) is 23.6. The van der Waals surface area contributed by atoms with Crippen LogP contribution in [0.1, 0.15) is 32.6 Å². The first-order valence-electron chi connectivity index (χ1n) is 7.84. The quantitative estimate of drug-likeness (QED) is 0.748. The fraction of sp³-hybridized carbons (Fsp3) is 0.588. The Balaban J connectivity index is 1.91. The molecule has 0 radical (unpaired) electrons.